The van der Waals surface area contributed by atoms with Crippen LogP contribution >= 0.6 is 11.8 Å². The van der Waals surface area contributed by atoms with Crippen molar-refractivity contribution in [3.63, 3.8) is 0 Å². The molecular weight excluding hydrogens is 368 g/mol. The van der Waals surface area contributed by atoms with Crippen LogP contribution in [0, 0.1) is 0 Å². The van der Waals surface area contributed by atoms with E-state index >= 15 is 0 Å². The average molecular weight is 393 g/mol. The molecule has 1 atom stereocenters. The third kappa shape index (κ3) is 4.39. The molecular formula is C24H24O3S. The molecule has 4 heteroatoms. The van der Waals surface area contributed by atoms with Gasteiger partial charge in [-0.1, -0.05) is 67.6 Å². The van der Waals surface area contributed by atoms with Crippen LogP contribution in [0.5, 0.6) is 5.75 Å². The third-order valence-corrected chi connectivity index (χ3v) is 5.69. The zero-order valence-electron chi connectivity index (χ0n) is 16.1. The van der Waals surface area contributed by atoms with Crippen molar-refractivity contribution in [2.45, 2.75) is 19.1 Å². The largest absolute Gasteiger partial charge is 0.508 e. The van der Waals surface area contributed by atoms with Gasteiger partial charge in [-0.2, -0.15) is 0 Å². The molecule has 3 rings (SSSR count). The van der Waals surface area contributed by atoms with Crippen molar-refractivity contribution in [1.29, 1.82) is 0 Å². The fourth-order valence-electron chi connectivity index (χ4n) is 3.20. The number of thioether (sulfide) groups is 1. The smallest absolute Gasteiger partial charge is 0.338 e. The highest BCUT2D eigenvalue weighted by atomic mass is 32.2. The number of para-hydroxylation sites is 1. The Kier molecular flexibility index (Phi) is 6.77. The molecule has 0 saturated carbocycles. The Morgan fingerprint density at radius 3 is 2.32 bits per heavy atom. The maximum atomic E-state index is 12.3. The van der Waals surface area contributed by atoms with E-state index in [2.05, 4.69) is 19.1 Å². The molecule has 3 aromatic carbocycles. The Balaban J connectivity index is 1.95. The summed E-state index contributed by atoms with van der Waals surface area (Å²) in [4.78, 5) is 12.3. The van der Waals surface area contributed by atoms with Crippen molar-refractivity contribution in [2.75, 3.05) is 12.4 Å². The molecule has 1 unspecified atom stereocenters. The molecule has 28 heavy (non-hydrogen) atoms. The van der Waals surface area contributed by atoms with Gasteiger partial charge in [0.15, 0.2) is 0 Å². The van der Waals surface area contributed by atoms with Gasteiger partial charge in [-0.25, -0.2) is 4.79 Å². The second-order valence-corrected chi connectivity index (χ2v) is 7.66. The summed E-state index contributed by atoms with van der Waals surface area (Å²) >= 11 is 1.78. The van der Waals surface area contributed by atoms with E-state index in [4.69, 9.17) is 4.74 Å². The number of phenolic OH excluding ortho intramolecular Hbond substituents is 1. The van der Waals surface area contributed by atoms with Gasteiger partial charge in [0.25, 0.3) is 0 Å². The van der Waals surface area contributed by atoms with Gasteiger partial charge in [-0.3, -0.25) is 0 Å². The van der Waals surface area contributed by atoms with Gasteiger partial charge in [-0.05, 0) is 41.5 Å². The highest BCUT2D eigenvalue weighted by Crippen LogP contribution is 2.40. The lowest BCUT2D eigenvalue weighted by Gasteiger charge is -2.18. The van der Waals surface area contributed by atoms with Crippen LogP contribution in [0.1, 0.15) is 40.6 Å². The third-order valence-electron chi connectivity index (χ3n) is 4.50. The minimum absolute atomic E-state index is 0.0561. The van der Waals surface area contributed by atoms with Gasteiger partial charge < -0.3 is 9.84 Å². The van der Waals surface area contributed by atoms with Crippen molar-refractivity contribution in [3.8, 4) is 16.9 Å². The number of ether oxygens (including phenoxy) is 1. The molecule has 0 aromatic heterocycles. The summed E-state index contributed by atoms with van der Waals surface area (Å²) in [7, 11) is 0. The van der Waals surface area contributed by atoms with E-state index in [1.54, 1.807) is 30.8 Å². The van der Waals surface area contributed by atoms with E-state index in [0.29, 0.717) is 17.9 Å². The zero-order chi connectivity index (χ0) is 19.9. The molecule has 3 nitrogen and oxygen atoms in total. The number of hydrogen-bond donors (Lipinski definition) is 1. The van der Waals surface area contributed by atoms with Crippen molar-refractivity contribution < 1.29 is 14.6 Å². The predicted octanol–water partition coefficient (Wildman–Crippen LogP) is 6.08. The van der Waals surface area contributed by atoms with Crippen LogP contribution < -0.4 is 0 Å². The maximum absolute atomic E-state index is 12.3. The molecule has 0 aliphatic heterocycles. The molecule has 0 fully saturated rings. The van der Waals surface area contributed by atoms with Gasteiger partial charge in [0.1, 0.15) is 5.75 Å². The Hall–Kier alpha value is -2.72. The van der Waals surface area contributed by atoms with Gasteiger partial charge >= 0.3 is 5.97 Å². The number of carbonyl (C=O) groups is 1. The first kappa shape index (κ1) is 20.0. The minimum atomic E-state index is -0.309. The number of benzene rings is 3. The topological polar surface area (TPSA) is 46.5 Å². The van der Waals surface area contributed by atoms with E-state index in [1.165, 1.54) is 0 Å². The molecule has 3 aromatic rings. The molecule has 0 heterocycles. The zero-order valence-corrected chi connectivity index (χ0v) is 16.9. The summed E-state index contributed by atoms with van der Waals surface area (Å²) in [5.41, 5.74) is 4.41. The number of rotatable bonds is 7. The Morgan fingerprint density at radius 2 is 1.64 bits per heavy atom. The lowest BCUT2D eigenvalue weighted by molar-refractivity contribution is 0.0527. The van der Waals surface area contributed by atoms with Gasteiger partial charge in [0.2, 0.25) is 0 Å². The van der Waals surface area contributed by atoms with Crippen molar-refractivity contribution in [3.05, 3.63) is 89.5 Å². The van der Waals surface area contributed by atoms with E-state index in [1.807, 2.05) is 48.5 Å². The number of carbonyl (C=O) groups excluding carboxylic acids is 1. The fourth-order valence-corrected chi connectivity index (χ4v) is 4.26. The molecule has 144 valence electrons. The fraction of sp³-hybridized carbons (Fsp3) is 0.208. The number of aromatic hydroxyl groups is 1. The van der Waals surface area contributed by atoms with Gasteiger partial charge in [0, 0.05) is 5.56 Å². The average Bonchev–Trinajstić information content (AvgIpc) is 2.73. The predicted molar refractivity (Wildman–Crippen MR) is 116 cm³/mol. The monoisotopic (exact) mass is 392 g/mol. The van der Waals surface area contributed by atoms with Crippen molar-refractivity contribution in [1.82, 2.24) is 0 Å². The molecule has 1 N–H and O–H groups in total. The first-order chi connectivity index (χ1) is 13.7. The van der Waals surface area contributed by atoms with Crippen molar-refractivity contribution >= 4 is 17.7 Å². The Bertz CT molecular complexity index is 935. The highest BCUT2D eigenvalue weighted by Gasteiger charge is 2.18. The van der Waals surface area contributed by atoms with Crippen LogP contribution in [0.2, 0.25) is 0 Å². The highest BCUT2D eigenvalue weighted by molar-refractivity contribution is 7.99. The van der Waals surface area contributed by atoms with E-state index in [-0.39, 0.29) is 11.2 Å². The van der Waals surface area contributed by atoms with Crippen LogP contribution in [0.4, 0.5) is 0 Å². The van der Waals surface area contributed by atoms with Crippen LogP contribution in [0.25, 0.3) is 11.1 Å². The number of hydrogen-bond acceptors (Lipinski definition) is 4. The summed E-state index contributed by atoms with van der Waals surface area (Å²) in [6.07, 6.45) is 0. The lowest BCUT2D eigenvalue weighted by atomic mass is 9.96. The van der Waals surface area contributed by atoms with Gasteiger partial charge in [-0.15, -0.1) is 11.8 Å². The minimum Gasteiger partial charge on any atom is -0.508 e. The molecule has 0 spiro atoms. The van der Waals surface area contributed by atoms with Gasteiger partial charge in [0.05, 0.1) is 17.4 Å². The summed E-state index contributed by atoms with van der Waals surface area (Å²) in [6.45, 7) is 4.27. The molecule has 0 amide bonds. The summed E-state index contributed by atoms with van der Waals surface area (Å²) < 4.78 is 5.18. The first-order valence-corrected chi connectivity index (χ1v) is 10.5. The Morgan fingerprint density at radius 1 is 0.964 bits per heavy atom. The number of esters is 1. The van der Waals surface area contributed by atoms with Crippen LogP contribution in [-0.4, -0.2) is 23.4 Å². The molecule has 0 saturated heterocycles. The molecule has 0 aliphatic rings. The lowest BCUT2D eigenvalue weighted by Crippen LogP contribution is -2.06. The molecule has 0 radical (unpaired) electrons. The summed E-state index contributed by atoms with van der Waals surface area (Å²) in [5, 5.41) is 10.3. The standard InChI is InChI=1S/C24H24O3S/c1-3-27-24(26)20-10-6-5-9-19(20)17-13-15-18(16-14-17)23(28-4-2)21-11-7-8-12-22(21)25/h5-16,23,25H,3-4H2,1-2H3. The van der Waals surface area contributed by atoms with Crippen molar-refractivity contribution in [2.24, 2.45) is 0 Å². The van der Waals surface area contributed by atoms with Crippen LogP contribution in [-0.2, 0) is 4.74 Å². The number of phenols is 1. The van der Waals surface area contributed by atoms with E-state index in [9.17, 15) is 9.90 Å². The summed E-state index contributed by atoms with van der Waals surface area (Å²) in [6, 6.07) is 23.1. The van der Waals surface area contributed by atoms with E-state index in [0.717, 1.165) is 28.0 Å². The van der Waals surface area contributed by atoms with Crippen LogP contribution in [0.15, 0.2) is 72.8 Å². The second-order valence-electron chi connectivity index (χ2n) is 6.28. The SMILES string of the molecule is CCOC(=O)c1ccccc1-c1ccc(C(SCC)c2ccccc2O)cc1. The Labute approximate surface area is 170 Å². The normalized spacial score (nSPS) is 11.8. The summed E-state index contributed by atoms with van der Waals surface area (Å²) in [5.74, 6) is 0.938. The van der Waals surface area contributed by atoms with E-state index < -0.39 is 0 Å². The molecule has 0 bridgehead atoms. The first-order valence-electron chi connectivity index (χ1n) is 9.41. The quantitative estimate of drug-likeness (QED) is 0.495. The maximum Gasteiger partial charge on any atom is 0.338 e. The van der Waals surface area contributed by atoms with Crippen LogP contribution in [0.3, 0.4) is 0 Å². The second kappa shape index (κ2) is 9.47. The molecule has 0 aliphatic carbocycles.